The number of benzene rings is 1. The molecule has 29 heavy (non-hydrogen) atoms. The molecule has 1 aromatic carbocycles. The summed E-state index contributed by atoms with van der Waals surface area (Å²) >= 11 is 0. The Labute approximate surface area is 175 Å². The minimum atomic E-state index is 0.0983. The summed E-state index contributed by atoms with van der Waals surface area (Å²) in [5.41, 5.74) is 2.69. The lowest BCUT2D eigenvalue weighted by Crippen LogP contribution is -2.37. The van der Waals surface area contributed by atoms with Crippen molar-refractivity contribution in [3.8, 4) is 0 Å². The van der Waals surface area contributed by atoms with Gasteiger partial charge < -0.3 is 14.3 Å². The molecule has 1 amide bonds. The fraction of sp³-hybridized carbons (Fsp3) is 0.625. The minimum absolute atomic E-state index is 0.0983. The van der Waals surface area contributed by atoms with Crippen LogP contribution in [-0.2, 0) is 17.8 Å². The van der Waals surface area contributed by atoms with Crippen LogP contribution in [0.5, 0.6) is 0 Å². The van der Waals surface area contributed by atoms with E-state index >= 15 is 0 Å². The number of hydrogen-bond donors (Lipinski definition) is 0. The number of aryl methyl sites for hydroxylation is 2. The number of imidazole rings is 1. The lowest BCUT2D eigenvalue weighted by molar-refractivity contribution is -0.117. The van der Waals surface area contributed by atoms with Gasteiger partial charge in [0.15, 0.2) is 0 Å². The number of fused-ring (bicyclic) bond motifs is 1. The van der Waals surface area contributed by atoms with Crippen molar-refractivity contribution < 1.29 is 9.59 Å². The van der Waals surface area contributed by atoms with Gasteiger partial charge in [-0.3, -0.25) is 4.79 Å². The maximum atomic E-state index is 13.2. The van der Waals surface area contributed by atoms with Gasteiger partial charge in [-0.05, 0) is 56.7 Å². The van der Waals surface area contributed by atoms with E-state index in [4.69, 9.17) is 4.98 Å². The first-order chi connectivity index (χ1) is 13.7. The first kappa shape index (κ1) is 23.1. The number of carbonyl (C=O) groups excluding carboxylic acids is 2. The van der Waals surface area contributed by atoms with Crippen LogP contribution in [-0.4, -0.2) is 39.2 Å². The average Bonchev–Trinajstić information content (AvgIpc) is 2.99. The van der Waals surface area contributed by atoms with E-state index in [9.17, 15) is 9.59 Å². The fourth-order valence-electron chi connectivity index (χ4n) is 3.81. The van der Waals surface area contributed by atoms with Crippen molar-refractivity contribution in [1.29, 1.82) is 0 Å². The molecule has 0 fully saturated rings. The molecule has 0 aliphatic heterocycles. The van der Waals surface area contributed by atoms with Gasteiger partial charge in [-0.15, -0.1) is 0 Å². The molecule has 2 aromatic rings. The van der Waals surface area contributed by atoms with Crippen LogP contribution in [0.15, 0.2) is 18.2 Å². The predicted octanol–water partition coefficient (Wildman–Crippen LogP) is 5.11. The van der Waals surface area contributed by atoms with E-state index in [1.54, 1.807) is 6.92 Å². The van der Waals surface area contributed by atoms with Gasteiger partial charge in [-0.1, -0.05) is 27.7 Å². The maximum Gasteiger partial charge on any atom is 0.253 e. The molecule has 5 heteroatoms. The molecule has 1 heterocycles. The van der Waals surface area contributed by atoms with Crippen molar-refractivity contribution in [2.45, 2.75) is 73.8 Å². The fourth-order valence-corrected chi connectivity index (χ4v) is 3.81. The third kappa shape index (κ3) is 6.41. The molecule has 0 atom stereocenters. The Hall–Kier alpha value is -2.17. The topological polar surface area (TPSA) is 55.2 Å². The van der Waals surface area contributed by atoms with Crippen LogP contribution in [0, 0.1) is 11.8 Å². The summed E-state index contributed by atoms with van der Waals surface area (Å²) in [5.74, 6) is 2.25. The van der Waals surface area contributed by atoms with Crippen molar-refractivity contribution in [1.82, 2.24) is 14.5 Å². The number of carbonyl (C=O) groups is 2. The van der Waals surface area contributed by atoms with E-state index in [1.165, 1.54) is 0 Å². The zero-order valence-electron chi connectivity index (χ0n) is 19.0. The maximum absolute atomic E-state index is 13.2. The van der Waals surface area contributed by atoms with Crippen molar-refractivity contribution >= 4 is 22.7 Å². The van der Waals surface area contributed by atoms with Gasteiger partial charge in [-0.25, -0.2) is 4.98 Å². The molecular weight excluding hydrogens is 362 g/mol. The van der Waals surface area contributed by atoms with E-state index in [1.807, 2.05) is 23.1 Å². The smallest absolute Gasteiger partial charge is 0.253 e. The van der Waals surface area contributed by atoms with E-state index in [0.717, 1.165) is 61.3 Å². The molecule has 0 spiro atoms. The number of Topliss-reactive ketones (excluding diaryl/α,β-unsaturated/α-hetero) is 1. The number of unbranched alkanes of at least 4 members (excludes halogenated alkanes) is 1. The first-order valence-electron chi connectivity index (χ1n) is 11.0. The monoisotopic (exact) mass is 399 g/mol. The second-order valence-corrected chi connectivity index (χ2v) is 8.88. The van der Waals surface area contributed by atoms with Crippen LogP contribution >= 0.6 is 0 Å². The molecule has 160 valence electrons. The molecule has 0 aliphatic rings. The number of aromatic nitrogens is 2. The Balaban J connectivity index is 2.27. The van der Waals surface area contributed by atoms with E-state index in [2.05, 4.69) is 39.2 Å². The number of rotatable bonds is 11. The zero-order chi connectivity index (χ0) is 21.6. The van der Waals surface area contributed by atoms with Gasteiger partial charge in [0, 0.05) is 38.0 Å². The number of nitrogens with zero attached hydrogens (tertiary/aromatic N) is 3. The molecule has 0 N–H and O–H groups in total. The minimum Gasteiger partial charge on any atom is -0.338 e. The second kappa shape index (κ2) is 10.6. The zero-order valence-corrected chi connectivity index (χ0v) is 19.0. The third-order valence-electron chi connectivity index (χ3n) is 5.03. The second-order valence-electron chi connectivity index (χ2n) is 8.88. The van der Waals surface area contributed by atoms with Gasteiger partial charge in [0.25, 0.3) is 5.91 Å². The predicted molar refractivity (Wildman–Crippen MR) is 119 cm³/mol. The van der Waals surface area contributed by atoms with Crippen LogP contribution < -0.4 is 0 Å². The molecular formula is C24H37N3O2. The molecule has 0 saturated heterocycles. The summed E-state index contributed by atoms with van der Waals surface area (Å²) < 4.78 is 2.20. The molecule has 0 bridgehead atoms. The average molecular weight is 400 g/mol. The van der Waals surface area contributed by atoms with Crippen molar-refractivity contribution in [3.63, 3.8) is 0 Å². The van der Waals surface area contributed by atoms with Gasteiger partial charge in [0.2, 0.25) is 0 Å². The van der Waals surface area contributed by atoms with Crippen LogP contribution in [0.1, 0.15) is 77.0 Å². The largest absolute Gasteiger partial charge is 0.338 e. The normalized spacial score (nSPS) is 11.6. The summed E-state index contributed by atoms with van der Waals surface area (Å²) in [4.78, 5) is 31.1. The Morgan fingerprint density at radius 2 is 1.72 bits per heavy atom. The van der Waals surface area contributed by atoms with Gasteiger partial charge in [-0.2, -0.15) is 0 Å². The Bertz CT molecular complexity index is 826. The van der Waals surface area contributed by atoms with Crippen LogP contribution in [0.4, 0.5) is 0 Å². The SMILES string of the molecule is CCn1c(CCCCC(C)=O)nc2ccc(C(=O)N(CC(C)C)CC(C)C)cc21. The number of amides is 1. The van der Waals surface area contributed by atoms with Crippen molar-refractivity contribution in [2.24, 2.45) is 11.8 Å². The van der Waals surface area contributed by atoms with E-state index < -0.39 is 0 Å². The highest BCUT2D eigenvalue weighted by Gasteiger charge is 2.20. The number of hydrogen-bond acceptors (Lipinski definition) is 3. The van der Waals surface area contributed by atoms with Gasteiger partial charge in [0.05, 0.1) is 11.0 Å². The quantitative estimate of drug-likeness (QED) is 0.493. The molecule has 0 aliphatic carbocycles. The summed E-state index contributed by atoms with van der Waals surface area (Å²) in [6.45, 7) is 14.7. The highest BCUT2D eigenvalue weighted by Crippen LogP contribution is 2.21. The van der Waals surface area contributed by atoms with Crippen LogP contribution in [0.3, 0.4) is 0 Å². The molecule has 1 aromatic heterocycles. The molecule has 5 nitrogen and oxygen atoms in total. The summed E-state index contributed by atoms with van der Waals surface area (Å²) in [6.07, 6.45) is 3.33. The van der Waals surface area contributed by atoms with Crippen molar-refractivity contribution in [3.05, 3.63) is 29.6 Å². The Morgan fingerprint density at radius 3 is 2.28 bits per heavy atom. The first-order valence-corrected chi connectivity index (χ1v) is 11.0. The van der Waals surface area contributed by atoms with Gasteiger partial charge in [0.1, 0.15) is 11.6 Å². The molecule has 0 radical (unpaired) electrons. The van der Waals surface area contributed by atoms with E-state index in [-0.39, 0.29) is 11.7 Å². The molecule has 0 saturated carbocycles. The van der Waals surface area contributed by atoms with Crippen LogP contribution in [0.25, 0.3) is 11.0 Å². The standard InChI is InChI=1S/C24H37N3O2/c1-7-27-22-14-20(24(29)26(15-17(2)3)16-18(4)5)12-13-21(22)25-23(27)11-9-8-10-19(6)28/h12-14,17-18H,7-11,15-16H2,1-6H3. The lowest BCUT2D eigenvalue weighted by atomic mass is 10.1. The van der Waals surface area contributed by atoms with E-state index in [0.29, 0.717) is 18.3 Å². The lowest BCUT2D eigenvalue weighted by Gasteiger charge is -2.26. The number of ketones is 1. The summed E-state index contributed by atoms with van der Waals surface area (Å²) in [6, 6.07) is 5.88. The molecule has 2 rings (SSSR count). The Morgan fingerprint density at radius 1 is 1.07 bits per heavy atom. The van der Waals surface area contributed by atoms with Crippen LogP contribution in [0.2, 0.25) is 0 Å². The third-order valence-corrected chi connectivity index (χ3v) is 5.03. The highest BCUT2D eigenvalue weighted by atomic mass is 16.2. The van der Waals surface area contributed by atoms with Gasteiger partial charge >= 0.3 is 0 Å². The molecule has 0 unspecified atom stereocenters. The van der Waals surface area contributed by atoms with Crippen molar-refractivity contribution in [2.75, 3.05) is 13.1 Å². The summed E-state index contributed by atoms with van der Waals surface area (Å²) in [7, 11) is 0. The summed E-state index contributed by atoms with van der Waals surface area (Å²) in [5, 5.41) is 0. The Kier molecular flexibility index (Phi) is 8.42. The highest BCUT2D eigenvalue weighted by molar-refractivity contribution is 5.97.